The van der Waals surface area contributed by atoms with Gasteiger partial charge in [-0.25, -0.2) is 4.98 Å². The van der Waals surface area contributed by atoms with Gasteiger partial charge < -0.3 is 14.5 Å². The van der Waals surface area contributed by atoms with E-state index in [1.54, 1.807) is 0 Å². The second-order valence-corrected chi connectivity index (χ2v) is 16.1. The minimum absolute atomic E-state index is 0.0221. The fraction of sp³-hybridized carbons (Fsp3) is 0.349. The van der Waals surface area contributed by atoms with E-state index in [0.29, 0.717) is 6.04 Å². The zero-order valence-electron chi connectivity index (χ0n) is 28.6. The molecule has 5 aliphatic rings. The summed E-state index contributed by atoms with van der Waals surface area (Å²) in [6, 6.07) is 30.8. The average Bonchev–Trinajstić information content (AvgIpc) is 3.64. The molecule has 4 aliphatic carbocycles. The van der Waals surface area contributed by atoms with E-state index in [-0.39, 0.29) is 5.41 Å². The van der Waals surface area contributed by atoms with Crippen molar-refractivity contribution in [2.75, 3.05) is 16.5 Å². The molecule has 0 saturated heterocycles. The third kappa shape index (κ3) is 4.74. The molecule has 49 heavy (non-hydrogen) atoms. The van der Waals surface area contributed by atoms with E-state index in [9.17, 15) is 0 Å². The van der Waals surface area contributed by atoms with Crippen molar-refractivity contribution in [2.24, 2.45) is 23.7 Å². The van der Waals surface area contributed by atoms with Gasteiger partial charge in [-0.3, -0.25) is 9.55 Å². The molecule has 0 unspecified atom stereocenters. The number of para-hydroxylation sites is 1. The summed E-state index contributed by atoms with van der Waals surface area (Å²) < 4.78 is 8.94. The van der Waals surface area contributed by atoms with Crippen molar-refractivity contribution in [3.8, 4) is 17.3 Å². The van der Waals surface area contributed by atoms with Crippen LogP contribution < -0.4 is 14.5 Å². The Morgan fingerprint density at radius 2 is 1.47 bits per heavy atom. The van der Waals surface area contributed by atoms with Crippen molar-refractivity contribution >= 4 is 38.9 Å². The highest BCUT2D eigenvalue weighted by Gasteiger charge is 2.51. The molecule has 0 N–H and O–H groups in total. The van der Waals surface area contributed by atoms with Crippen LogP contribution in [0.15, 0.2) is 104 Å². The van der Waals surface area contributed by atoms with E-state index in [1.165, 1.54) is 59.8 Å². The number of benzene rings is 3. The van der Waals surface area contributed by atoms with E-state index < -0.39 is 0 Å². The molecule has 6 nitrogen and oxygen atoms in total. The maximum atomic E-state index is 6.67. The van der Waals surface area contributed by atoms with Crippen LogP contribution in [-0.2, 0) is 5.41 Å². The lowest BCUT2D eigenvalue weighted by Gasteiger charge is -2.57. The molecule has 4 fully saturated rings. The Balaban J connectivity index is 0.988. The van der Waals surface area contributed by atoms with Crippen LogP contribution in [0.1, 0.15) is 58.4 Å². The van der Waals surface area contributed by atoms with E-state index >= 15 is 0 Å². The van der Waals surface area contributed by atoms with Crippen LogP contribution in [0.25, 0.3) is 27.6 Å². The molecule has 0 spiro atoms. The Morgan fingerprint density at radius 3 is 2.29 bits per heavy atom. The number of nitrogens with zero attached hydrogens (tertiary/aromatic N) is 5. The molecule has 4 saturated carbocycles. The van der Waals surface area contributed by atoms with Crippen LogP contribution >= 0.6 is 0 Å². The van der Waals surface area contributed by atoms with Crippen molar-refractivity contribution in [3.63, 3.8) is 0 Å². The minimum Gasteiger partial charge on any atom is -0.457 e. The standard InChI is InChI=1S/C43H43N5O/c1-43(2,3)31-13-16-45-41(22-31)48-37-10-5-4-9-35(37)36-12-11-34(24-39(36)48)49-33-8-6-7-32(23-33)46-26-47(38-14-15-44-25-40(38)46)42-29-18-27-17-28(20-29)21-30(42)19-27/h4-16,22-25,27-30,42H,17-21,26H2,1-3H3. The normalized spacial score (nSPS) is 24.3. The van der Waals surface area contributed by atoms with Crippen molar-refractivity contribution in [1.29, 1.82) is 0 Å². The molecule has 6 aromatic rings. The molecule has 0 atom stereocenters. The fourth-order valence-electron chi connectivity index (χ4n) is 10.1. The molecule has 3 aromatic heterocycles. The van der Waals surface area contributed by atoms with E-state index in [0.717, 1.165) is 64.4 Å². The second-order valence-electron chi connectivity index (χ2n) is 16.1. The van der Waals surface area contributed by atoms with Crippen molar-refractivity contribution in [3.05, 3.63) is 109 Å². The zero-order chi connectivity index (χ0) is 32.9. The number of fused-ring (bicyclic) bond motifs is 4. The average molecular weight is 646 g/mol. The van der Waals surface area contributed by atoms with Gasteiger partial charge >= 0.3 is 0 Å². The van der Waals surface area contributed by atoms with E-state index in [1.807, 2.05) is 18.6 Å². The van der Waals surface area contributed by atoms with Gasteiger partial charge in [-0.1, -0.05) is 45.0 Å². The maximum Gasteiger partial charge on any atom is 0.137 e. The number of rotatable bonds is 5. The Hall–Kier alpha value is -4.84. The van der Waals surface area contributed by atoms with Crippen LogP contribution in [0.5, 0.6) is 11.5 Å². The molecule has 3 aromatic carbocycles. The van der Waals surface area contributed by atoms with Crippen LogP contribution in [0, 0.1) is 23.7 Å². The largest absolute Gasteiger partial charge is 0.457 e. The molecule has 246 valence electrons. The Bertz CT molecular complexity index is 2200. The van der Waals surface area contributed by atoms with Crippen molar-refractivity contribution < 1.29 is 4.74 Å². The smallest absolute Gasteiger partial charge is 0.137 e. The maximum absolute atomic E-state index is 6.67. The summed E-state index contributed by atoms with van der Waals surface area (Å²) in [6.45, 7) is 7.60. The minimum atomic E-state index is 0.0221. The predicted molar refractivity (Wildman–Crippen MR) is 198 cm³/mol. The number of anilines is 3. The van der Waals surface area contributed by atoms with Gasteiger partial charge in [0, 0.05) is 47.0 Å². The molecule has 1 aliphatic heterocycles. The topological polar surface area (TPSA) is 46.4 Å². The number of pyridine rings is 2. The molecule has 4 bridgehead atoms. The summed E-state index contributed by atoms with van der Waals surface area (Å²) in [4.78, 5) is 14.6. The quantitative estimate of drug-likeness (QED) is 0.187. The van der Waals surface area contributed by atoms with Gasteiger partial charge in [-0.05, 0) is 115 Å². The second kappa shape index (κ2) is 10.8. The van der Waals surface area contributed by atoms with Gasteiger partial charge in [-0.15, -0.1) is 0 Å². The first-order valence-corrected chi connectivity index (χ1v) is 18.1. The summed E-state index contributed by atoms with van der Waals surface area (Å²) >= 11 is 0. The number of aromatic nitrogens is 3. The molecular weight excluding hydrogens is 603 g/mol. The van der Waals surface area contributed by atoms with Gasteiger partial charge in [0.25, 0.3) is 0 Å². The lowest BCUT2D eigenvalue weighted by molar-refractivity contribution is -0.00219. The SMILES string of the molecule is CC(C)(C)c1ccnc(-n2c3ccccc3c3ccc(Oc4cccc(N5CN(C6C7CC8CC(C7)CC6C8)c6ccncc65)c4)cc32)c1. The fourth-order valence-corrected chi connectivity index (χ4v) is 10.1. The molecule has 6 heteroatoms. The first-order valence-electron chi connectivity index (χ1n) is 18.1. The molecular formula is C43H43N5O. The number of hydrogen-bond acceptors (Lipinski definition) is 5. The van der Waals surface area contributed by atoms with Gasteiger partial charge in [0.1, 0.15) is 17.3 Å². The van der Waals surface area contributed by atoms with Crippen molar-refractivity contribution in [2.45, 2.75) is 64.3 Å². The Labute approximate surface area is 288 Å². The monoisotopic (exact) mass is 645 g/mol. The summed E-state index contributed by atoms with van der Waals surface area (Å²) in [5, 5.41) is 2.39. The lowest BCUT2D eigenvalue weighted by atomic mass is 9.54. The van der Waals surface area contributed by atoms with Crippen LogP contribution in [-0.4, -0.2) is 27.2 Å². The van der Waals surface area contributed by atoms with Gasteiger partial charge in [0.15, 0.2) is 0 Å². The van der Waals surface area contributed by atoms with Gasteiger partial charge in [-0.2, -0.15) is 0 Å². The van der Waals surface area contributed by atoms with Crippen LogP contribution in [0.2, 0.25) is 0 Å². The number of hydrogen-bond donors (Lipinski definition) is 0. The van der Waals surface area contributed by atoms with E-state index in [2.05, 4.69) is 125 Å². The molecule has 11 rings (SSSR count). The first kappa shape index (κ1) is 29.1. The highest BCUT2D eigenvalue weighted by Crippen LogP contribution is 2.57. The first-order chi connectivity index (χ1) is 23.9. The summed E-state index contributed by atoms with van der Waals surface area (Å²) in [5.41, 5.74) is 7.17. The lowest BCUT2D eigenvalue weighted by Crippen LogP contribution is -2.56. The highest BCUT2D eigenvalue weighted by molar-refractivity contribution is 6.09. The van der Waals surface area contributed by atoms with Gasteiger partial charge in [0.05, 0.1) is 35.3 Å². The summed E-state index contributed by atoms with van der Waals surface area (Å²) in [7, 11) is 0. The Morgan fingerprint density at radius 1 is 0.694 bits per heavy atom. The predicted octanol–water partition coefficient (Wildman–Crippen LogP) is 10.4. The van der Waals surface area contributed by atoms with Crippen LogP contribution in [0.3, 0.4) is 0 Å². The van der Waals surface area contributed by atoms with Crippen molar-refractivity contribution in [1.82, 2.24) is 14.5 Å². The summed E-state index contributed by atoms with van der Waals surface area (Å²) in [5.74, 6) is 6.13. The zero-order valence-corrected chi connectivity index (χ0v) is 28.6. The Kier molecular flexibility index (Phi) is 6.43. The molecule has 4 heterocycles. The van der Waals surface area contributed by atoms with Gasteiger partial charge in [0.2, 0.25) is 0 Å². The molecule has 0 amide bonds. The van der Waals surface area contributed by atoms with E-state index in [4.69, 9.17) is 9.72 Å². The number of ether oxygens (including phenoxy) is 1. The van der Waals surface area contributed by atoms with Crippen LogP contribution in [0.4, 0.5) is 17.1 Å². The summed E-state index contributed by atoms with van der Waals surface area (Å²) in [6.07, 6.45) is 13.1. The molecule has 0 radical (unpaired) electrons. The highest BCUT2D eigenvalue weighted by atomic mass is 16.5. The third-order valence-electron chi connectivity index (χ3n) is 12.1. The third-order valence-corrected chi connectivity index (χ3v) is 12.1.